The number of halogens is 1. The van der Waals surface area contributed by atoms with Crippen LogP contribution in [0, 0.1) is 5.82 Å². The van der Waals surface area contributed by atoms with Crippen molar-refractivity contribution in [3.05, 3.63) is 74.4 Å². The Bertz CT molecular complexity index is 1140. The Hall–Kier alpha value is -3.29. The van der Waals surface area contributed by atoms with Crippen molar-refractivity contribution in [3.63, 3.8) is 0 Å². The molecule has 3 aromatic rings. The van der Waals surface area contributed by atoms with E-state index < -0.39 is 17.2 Å². The van der Waals surface area contributed by atoms with Crippen LogP contribution in [-0.2, 0) is 0 Å². The molecule has 3 heterocycles. The first-order chi connectivity index (χ1) is 13.0. The molecule has 0 spiro atoms. The van der Waals surface area contributed by atoms with Crippen LogP contribution in [0.15, 0.2) is 46.4 Å². The fourth-order valence-electron chi connectivity index (χ4n) is 3.55. The van der Waals surface area contributed by atoms with Crippen molar-refractivity contribution in [1.82, 2.24) is 19.9 Å². The molecular formula is C19H17FN4O3. The van der Waals surface area contributed by atoms with Gasteiger partial charge >= 0.3 is 0 Å². The summed E-state index contributed by atoms with van der Waals surface area (Å²) in [7, 11) is 0. The van der Waals surface area contributed by atoms with Gasteiger partial charge in [-0.05, 0) is 25.0 Å². The van der Waals surface area contributed by atoms with Gasteiger partial charge in [0.1, 0.15) is 11.4 Å². The van der Waals surface area contributed by atoms with E-state index in [4.69, 9.17) is 0 Å². The molecule has 1 amide bonds. The molecule has 2 aromatic heterocycles. The lowest BCUT2D eigenvalue weighted by Gasteiger charge is -2.32. The maximum Gasteiger partial charge on any atom is 0.259 e. The largest absolute Gasteiger partial charge is 0.358 e. The molecule has 7 nitrogen and oxygen atoms in total. The van der Waals surface area contributed by atoms with Gasteiger partial charge in [0, 0.05) is 36.7 Å². The monoisotopic (exact) mass is 368 g/mol. The summed E-state index contributed by atoms with van der Waals surface area (Å²) in [6, 6.07) is 5.62. The van der Waals surface area contributed by atoms with Crippen LogP contribution < -0.4 is 11.0 Å². The van der Waals surface area contributed by atoms with Gasteiger partial charge < -0.3 is 14.9 Å². The number of rotatable bonds is 2. The topological polar surface area (TPSA) is 98.9 Å². The summed E-state index contributed by atoms with van der Waals surface area (Å²) in [4.78, 5) is 48.1. The van der Waals surface area contributed by atoms with E-state index in [0.717, 1.165) is 12.8 Å². The van der Waals surface area contributed by atoms with Gasteiger partial charge in [0.2, 0.25) is 5.43 Å². The number of benzene rings is 1. The minimum Gasteiger partial charge on any atom is -0.358 e. The van der Waals surface area contributed by atoms with Crippen molar-refractivity contribution in [3.8, 4) is 0 Å². The molecule has 1 saturated heterocycles. The quantitative estimate of drug-likeness (QED) is 0.720. The molecule has 2 N–H and O–H groups in total. The maximum atomic E-state index is 13.8. The van der Waals surface area contributed by atoms with Crippen LogP contribution in [0.1, 0.15) is 34.8 Å². The van der Waals surface area contributed by atoms with Crippen LogP contribution in [0.25, 0.3) is 10.9 Å². The molecule has 0 saturated carbocycles. The molecule has 1 fully saturated rings. The highest BCUT2D eigenvalue weighted by molar-refractivity contribution is 5.97. The van der Waals surface area contributed by atoms with E-state index in [-0.39, 0.29) is 27.9 Å². The number of amides is 1. The molecule has 0 aliphatic carbocycles. The van der Waals surface area contributed by atoms with Crippen LogP contribution in [0.3, 0.4) is 0 Å². The zero-order chi connectivity index (χ0) is 19.0. The van der Waals surface area contributed by atoms with Gasteiger partial charge in [0.05, 0.1) is 17.5 Å². The number of H-pyrrole nitrogens is 2. The van der Waals surface area contributed by atoms with Crippen LogP contribution in [0.5, 0.6) is 0 Å². The third kappa shape index (κ3) is 3.14. The number of likely N-dealkylation sites (tertiary alicyclic amines) is 1. The zero-order valence-corrected chi connectivity index (χ0v) is 14.4. The SMILES string of the molecule is O=C(c1c[nH]c2c(F)cccc2c1=O)N1CCCC(c2cc(=O)[nH]cn2)C1. The van der Waals surface area contributed by atoms with Gasteiger partial charge in [0.15, 0.2) is 0 Å². The molecule has 4 rings (SSSR count). The first kappa shape index (κ1) is 17.1. The lowest BCUT2D eigenvalue weighted by Crippen LogP contribution is -2.41. The van der Waals surface area contributed by atoms with Gasteiger partial charge in [-0.3, -0.25) is 14.4 Å². The number of aromatic nitrogens is 3. The molecule has 1 aliphatic heterocycles. The summed E-state index contributed by atoms with van der Waals surface area (Å²) in [6.45, 7) is 0.884. The van der Waals surface area contributed by atoms with Crippen LogP contribution >= 0.6 is 0 Å². The molecule has 1 aromatic carbocycles. The third-order valence-electron chi connectivity index (χ3n) is 4.92. The molecule has 138 valence electrons. The Morgan fingerprint density at radius 3 is 2.93 bits per heavy atom. The maximum absolute atomic E-state index is 13.8. The summed E-state index contributed by atoms with van der Waals surface area (Å²) in [5.41, 5.74) is -0.0391. The third-order valence-corrected chi connectivity index (χ3v) is 4.92. The number of fused-ring (bicyclic) bond motifs is 1. The normalized spacial score (nSPS) is 17.2. The molecular weight excluding hydrogens is 351 g/mol. The standard InChI is InChI=1S/C19H17FN4O3/c20-14-5-1-4-12-17(14)21-8-13(18(12)26)19(27)24-6-2-3-11(9-24)15-7-16(25)23-10-22-15/h1,4-5,7-8,10-11H,2-3,6,9H2,(H,21,26)(H,22,23,25). The minimum atomic E-state index is -0.540. The Morgan fingerprint density at radius 2 is 2.11 bits per heavy atom. The van der Waals surface area contributed by atoms with E-state index in [2.05, 4.69) is 15.0 Å². The molecule has 0 bridgehead atoms. The fraction of sp³-hybridized carbons (Fsp3) is 0.263. The van der Waals surface area contributed by atoms with Crippen LogP contribution in [-0.4, -0.2) is 38.8 Å². The Kier molecular flexibility index (Phi) is 4.31. The first-order valence-corrected chi connectivity index (χ1v) is 8.68. The van der Waals surface area contributed by atoms with E-state index in [9.17, 15) is 18.8 Å². The molecule has 1 unspecified atom stereocenters. The zero-order valence-electron chi connectivity index (χ0n) is 14.4. The lowest BCUT2D eigenvalue weighted by molar-refractivity contribution is 0.0704. The highest BCUT2D eigenvalue weighted by atomic mass is 19.1. The average Bonchev–Trinajstić information content (AvgIpc) is 2.68. The molecule has 0 radical (unpaired) electrons. The smallest absolute Gasteiger partial charge is 0.259 e. The Labute approximate surface area is 152 Å². The van der Waals surface area contributed by atoms with Crippen molar-refractivity contribution in [2.75, 3.05) is 13.1 Å². The van der Waals surface area contributed by atoms with Crippen molar-refractivity contribution in [1.29, 1.82) is 0 Å². The number of carbonyl (C=O) groups is 1. The first-order valence-electron chi connectivity index (χ1n) is 8.68. The number of nitrogens with one attached hydrogen (secondary N) is 2. The second kappa shape index (κ2) is 6.79. The number of hydrogen-bond donors (Lipinski definition) is 2. The number of pyridine rings is 1. The summed E-state index contributed by atoms with van der Waals surface area (Å²) in [5.74, 6) is -1.01. The van der Waals surface area contributed by atoms with E-state index in [1.165, 1.54) is 36.8 Å². The summed E-state index contributed by atoms with van der Waals surface area (Å²) >= 11 is 0. The van der Waals surface area contributed by atoms with Gasteiger partial charge in [-0.25, -0.2) is 9.37 Å². The highest BCUT2D eigenvalue weighted by Crippen LogP contribution is 2.25. The van der Waals surface area contributed by atoms with Gasteiger partial charge in [-0.2, -0.15) is 0 Å². The van der Waals surface area contributed by atoms with Gasteiger partial charge in [-0.15, -0.1) is 0 Å². The van der Waals surface area contributed by atoms with Crippen LogP contribution in [0.4, 0.5) is 4.39 Å². The van der Waals surface area contributed by atoms with Gasteiger partial charge in [-0.1, -0.05) is 6.07 Å². The van der Waals surface area contributed by atoms with Crippen molar-refractivity contribution < 1.29 is 9.18 Å². The average molecular weight is 368 g/mol. The predicted octanol–water partition coefficient (Wildman–Crippen LogP) is 1.77. The fourth-order valence-corrected chi connectivity index (χ4v) is 3.55. The summed E-state index contributed by atoms with van der Waals surface area (Å²) in [5, 5.41) is 0.144. The summed E-state index contributed by atoms with van der Waals surface area (Å²) < 4.78 is 13.8. The summed E-state index contributed by atoms with van der Waals surface area (Å²) in [6.07, 6.45) is 4.16. The Balaban J connectivity index is 1.65. The Morgan fingerprint density at radius 1 is 1.26 bits per heavy atom. The van der Waals surface area contributed by atoms with E-state index in [0.29, 0.717) is 18.8 Å². The van der Waals surface area contributed by atoms with Crippen molar-refractivity contribution in [2.45, 2.75) is 18.8 Å². The lowest BCUT2D eigenvalue weighted by atomic mass is 9.94. The number of hydrogen-bond acceptors (Lipinski definition) is 4. The van der Waals surface area contributed by atoms with Crippen molar-refractivity contribution in [2.24, 2.45) is 0 Å². The highest BCUT2D eigenvalue weighted by Gasteiger charge is 2.28. The van der Waals surface area contributed by atoms with E-state index in [1.807, 2.05) is 0 Å². The number of carbonyl (C=O) groups excluding carboxylic acids is 1. The van der Waals surface area contributed by atoms with Crippen LogP contribution in [0.2, 0.25) is 0 Å². The molecule has 8 heteroatoms. The van der Waals surface area contributed by atoms with Gasteiger partial charge in [0.25, 0.3) is 11.5 Å². The predicted molar refractivity (Wildman–Crippen MR) is 97.3 cm³/mol. The number of piperidine rings is 1. The number of aromatic amines is 2. The molecule has 1 aliphatic rings. The van der Waals surface area contributed by atoms with E-state index in [1.54, 1.807) is 4.90 Å². The molecule has 27 heavy (non-hydrogen) atoms. The second-order valence-electron chi connectivity index (χ2n) is 6.62. The molecule has 1 atom stereocenters. The van der Waals surface area contributed by atoms with E-state index >= 15 is 0 Å². The minimum absolute atomic E-state index is 0.0207. The number of para-hydroxylation sites is 1. The number of nitrogens with zero attached hydrogens (tertiary/aromatic N) is 2. The second-order valence-corrected chi connectivity index (χ2v) is 6.62. The van der Waals surface area contributed by atoms with Crippen molar-refractivity contribution >= 4 is 16.8 Å².